The summed E-state index contributed by atoms with van der Waals surface area (Å²) in [6.07, 6.45) is 11.6. The van der Waals surface area contributed by atoms with Crippen molar-refractivity contribution in [3.8, 4) is 0 Å². The van der Waals surface area contributed by atoms with Crippen LogP contribution in [0.4, 0.5) is 0 Å². The zero-order valence-electron chi connectivity index (χ0n) is 11.4. The Morgan fingerprint density at radius 3 is 2.50 bits per heavy atom. The molecule has 18 heavy (non-hydrogen) atoms. The van der Waals surface area contributed by atoms with Crippen molar-refractivity contribution in [2.75, 3.05) is 0 Å². The molecule has 0 amide bonds. The third-order valence-electron chi connectivity index (χ3n) is 4.14. The molecule has 0 nitrogen and oxygen atoms in total. The highest BCUT2D eigenvalue weighted by atomic mass is 14.2. The van der Waals surface area contributed by atoms with Crippen LogP contribution in [0.1, 0.15) is 44.6 Å². The lowest BCUT2D eigenvalue weighted by atomic mass is 9.80. The summed E-state index contributed by atoms with van der Waals surface area (Å²) in [5.74, 6) is 1.57. The van der Waals surface area contributed by atoms with Gasteiger partial charge in [-0.05, 0) is 35.8 Å². The van der Waals surface area contributed by atoms with Crippen LogP contribution in [0.5, 0.6) is 0 Å². The highest BCUT2D eigenvalue weighted by molar-refractivity contribution is 5.71. The van der Waals surface area contributed by atoms with E-state index in [1.54, 1.807) is 0 Å². The first-order chi connectivity index (χ1) is 8.77. The van der Waals surface area contributed by atoms with Gasteiger partial charge in [0.1, 0.15) is 0 Å². The Balaban J connectivity index is 1.92. The molecule has 1 aromatic rings. The van der Waals surface area contributed by atoms with Crippen molar-refractivity contribution >= 4 is 5.57 Å². The molecule has 0 aliphatic heterocycles. The molecule has 1 atom stereocenters. The minimum absolute atomic E-state index is 0.686. The molecule has 0 heteroatoms. The van der Waals surface area contributed by atoms with Gasteiger partial charge in [-0.2, -0.15) is 0 Å². The SMILES string of the molecule is C=C(/C=C\[C@@H](C)C1CCCCC1)c1ccccc1. The predicted molar refractivity (Wildman–Crippen MR) is 80.4 cm³/mol. The third-order valence-corrected chi connectivity index (χ3v) is 4.14. The van der Waals surface area contributed by atoms with Crippen LogP contribution in [0, 0.1) is 11.8 Å². The molecule has 1 aliphatic rings. The summed E-state index contributed by atoms with van der Waals surface area (Å²) < 4.78 is 0. The Bertz CT molecular complexity index is 393. The highest BCUT2D eigenvalue weighted by Crippen LogP contribution is 2.30. The van der Waals surface area contributed by atoms with E-state index in [2.05, 4.69) is 49.9 Å². The van der Waals surface area contributed by atoms with Crippen molar-refractivity contribution in [2.45, 2.75) is 39.0 Å². The molecule has 1 aromatic carbocycles. The molecule has 0 aromatic heterocycles. The molecule has 0 bridgehead atoms. The number of hydrogen-bond donors (Lipinski definition) is 0. The van der Waals surface area contributed by atoms with Crippen LogP contribution >= 0.6 is 0 Å². The van der Waals surface area contributed by atoms with Gasteiger partial charge in [0.05, 0.1) is 0 Å². The zero-order chi connectivity index (χ0) is 12.8. The lowest BCUT2D eigenvalue weighted by Crippen LogP contribution is -2.13. The summed E-state index contributed by atoms with van der Waals surface area (Å²) in [7, 11) is 0. The van der Waals surface area contributed by atoms with Gasteiger partial charge >= 0.3 is 0 Å². The van der Waals surface area contributed by atoms with Crippen LogP contribution in [0.15, 0.2) is 49.1 Å². The first-order valence-corrected chi connectivity index (χ1v) is 7.20. The quantitative estimate of drug-likeness (QED) is 0.612. The molecule has 0 spiro atoms. The Labute approximate surface area is 111 Å². The summed E-state index contributed by atoms with van der Waals surface area (Å²) in [4.78, 5) is 0. The first kappa shape index (κ1) is 13.1. The molecule has 2 rings (SSSR count). The monoisotopic (exact) mass is 240 g/mol. The van der Waals surface area contributed by atoms with Gasteiger partial charge in [-0.15, -0.1) is 0 Å². The predicted octanol–water partition coefficient (Wildman–Crippen LogP) is 5.47. The van der Waals surface area contributed by atoms with Gasteiger partial charge in [-0.1, -0.05) is 75.2 Å². The van der Waals surface area contributed by atoms with Gasteiger partial charge < -0.3 is 0 Å². The van der Waals surface area contributed by atoms with Gasteiger partial charge in [0, 0.05) is 0 Å². The minimum atomic E-state index is 0.686. The number of benzene rings is 1. The van der Waals surface area contributed by atoms with Crippen LogP contribution in [0.3, 0.4) is 0 Å². The molecule has 1 saturated carbocycles. The summed E-state index contributed by atoms with van der Waals surface area (Å²) in [5.41, 5.74) is 2.35. The van der Waals surface area contributed by atoms with E-state index in [1.807, 2.05) is 6.07 Å². The average molecular weight is 240 g/mol. The Morgan fingerprint density at radius 2 is 1.83 bits per heavy atom. The van der Waals surface area contributed by atoms with Crippen LogP contribution < -0.4 is 0 Å². The second-order valence-electron chi connectivity index (χ2n) is 5.51. The lowest BCUT2D eigenvalue weighted by Gasteiger charge is -2.25. The molecule has 0 radical (unpaired) electrons. The first-order valence-electron chi connectivity index (χ1n) is 7.20. The normalized spacial score (nSPS) is 18.9. The van der Waals surface area contributed by atoms with Crippen molar-refractivity contribution in [1.82, 2.24) is 0 Å². The van der Waals surface area contributed by atoms with E-state index in [0.717, 1.165) is 11.5 Å². The van der Waals surface area contributed by atoms with Gasteiger partial charge in [0.15, 0.2) is 0 Å². The van der Waals surface area contributed by atoms with Crippen molar-refractivity contribution in [2.24, 2.45) is 11.8 Å². The van der Waals surface area contributed by atoms with Crippen LogP contribution in [0.2, 0.25) is 0 Å². The molecule has 0 heterocycles. The Morgan fingerprint density at radius 1 is 1.17 bits per heavy atom. The van der Waals surface area contributed by atoms with Crippen LogP contribution in [-0.4, -0.2) is 0 Å². The second kappa shape index (κ2) is 6.58. The minimum Gasteiger partial charge on any atom is -0.0912 e. The van der Waals surface area contributed by atoms with Crippen LogP contribution in [0.25, 0.3) is 5.57 Å². The van der Waals surface area contributed by atoms with Crippen molar-refractivity contribution in [3.05, 3.63) is 54.6 Å². The second-order valence-corrected chi connectivity index (χ2v) is 5.51. The summed E-state index contributed by atoms with van der Waals surface area (Å²) in [6, 6.07) is 10.4. The fourth-order valence-corrected chi connectivity index (χ4v) is 2.83. The summed E-state index contributed by atoms with van der Waals surface area (Å²) in [5, 5.41) is 0. The van der Waals surface area contributed by atoms with E-state index >= 15 is 0 Å². The molecule has 1 aliphatic carbocycles. The van der Waals surface area contributed by atoms with Crippen molar-refractivity contribution in [1.29, 1.82) is 0 Å². The van der Waals surface area contributed by atoms with Crippen LogP contribution in [-0.2, 0) is 0 Å². The Kier molecular flexibility index (Phi) is 4.81. The fourth-order valence-electron chi connectivity index (χ4n) is 2.83. The van der Waals surface area contributed by atoms with E-state index in [1.165, 1.54) is 37.7 Å². The topological polar surface area (TPSA) is 0 Å². The van der Waals surface area contributed by atoms with E-state index in [9.17, 15) is 0 Å². The fraction of sp³-hybridized carbons (Fsp3) is 0.444. The number of allylic oxidation sites excluding steroid dienone is 3. The average Bonchev–Trinajstić information content (AvgIpc) is 2.46. The van der Waals surface area contributed by atoms with Gasteiger partial charge in [-0.25, -0.2) is 0 Å². The molecule has 0 N–H and O–H groups in total. The molecule has 1 fully saturated rings. The molecule has 0 saturated heterocycles. The van der Waals surface area contributed by atoms with E-state index < -0.39 is 0 Å². The van der Waals surface area contributed by atoms with Gasteiger partial charge in [-0.3, -0.25) is 0 Å². The van der Waals surface area contributed by atoms with Gasteiger partial charge in [0.25, 0.3) is 0 Å². The van der Waals surface area contributed by atoms with E-state index in [4.69, 9.17) is 0 Å². The maximum Gasteiger partial charge on any atom is -0.0190 e. The smallest absolute Gasteiger partial charge is 0.0190 e. The lowest BCUT2D eigenvalue weighted by molar-refractivity contribution is 0.300. The number of rotatable bonds is 4. The molecular weight excluding hydrogens is 216 g/mol. The standard InChI is InChI=1S/C18H24/c1-15(17-9-5-3-6-10-17)13-14-16(2)18-11-7-4-8-12-18/h3,5-6,9-10,13-14,16,18H,1,4,7-8,11-12H2,2H3/b14-13-/t16-/m1/s1. The van der Waals surface area contributed by atoms with E-state index in [0.29, 0.717) is 5.92 Å². The molecule has 96 valence electrons. The molecular formula is C18H24. The van der Waals surface area contributed by atoms with E-state index in [-0.39, 0.29) is 0 Å². The molecule has 0 unspecified atom stereocenters. The largest absolute Gasteiger partial charge is 0.0912 e. The van der Waals surface area contributed by atoms with Crippen molar-refractivity contribution in [3.63, 3.8) is 0 Å². The van der Waals surface area contributed by atoms with Crippen molar-refractivity contribution < 1.29 is 0 Å². The van der Waals surface area contributed by atoms with Gasteiger partial charge in [0.2, 0.25) is 0 Å². The summed E-state index contributed by atoms with van der Waals surface area (Å²) >= 11 is 0. The third kappa shape index (κ3) is 3.60. The maximum absolute atomic E-state index is 4.16. The zero-order valence-corrected chi connectivity index (χ0v) is 11.4. The maximum atomic E-state index is 4.16. The highest BCUT2D eigenvalue weighted by Gasteiger charge is 2.17. The summed E-state index contributed by atoms with van der Waals surface area (Å²) in [6.45, 7) is 6.51. The number of hydrogen-bond acceptors (Lipinski definition) is 0. The Hall–Kier alpha value is -1.30.